The van der Waals surface area contributed by atoms with Gasteiger partial charge in [0.25, 0.3) is 0 Å². The van der Waals surface area contributed by atoms with Crippen molar-refractivity contribution in [1.29, 1.82) is 0 Å². The Labute approximate surface area is 231 Å². The maximum Gasteiger partial charge on any atom is 1.00 e. The summed E-state index contributed by atoms with van der Waals surface area (Å²) >= 11 is 0. The van der Waals surface area contributed by atoms with Crippen molar-refractivity contribution in [3.63, 3.8) is 0 Å². The number of carbonyl (C=O) groups is 1. The van der Waals surface area contributed by atoms with Crippen molar-refractivity contribution < 1.29 is 65.4 Å². The van der Waals surface area contributed by atoms with Crippen LogP contribution in [-0.4, -0.2) is 62.6 Å². The van der Waals surface area contributed by atoms with Crippen LogP contribution in [0.1, 0.15) is 78.6 Å². The molecular formula is C26H44NNaO7. The molecular weight excluding hydrogens is 461 g/mol. The SMILES string of the molecule is C[C@H](CCC([O-])=NCC(=O)O)[C@H]1CC[C@H]2[C@@H]3[C@H](O)C[C@@H]4C[C@H](O)CC[C@]4(C)[C@H]3C[C@H](O)[C@]12C.O.[Na+]. The molecule has 4 rings (SSSR count). The second-order valence-corrected chi connectivity index (χ2v) is 12.1. The van der Waals surface area contributed by atoms with Crippen LogP contribution in [0.4, 0.5) is 0 Å². The van der Waals surface area contributed by atoms with Crippen LogP contribution in [0, 0.1) is 46.3 Å². The summed E-state index contributed by atoms with van der Waals surface area (Å²) in [5.41, 5.74) is -0.229. The van der Waals surface area contributed by atoms with Gasteiger partial charge in [0, 0.05) is 0 Å². The Kier molecular flexibility index (Phi) is 10.3. The van der Waals surface area contributed by atoms with Crippen LogP contribution in [0.2, 0.25) is 0 Å². The number of aliphatic imine (C=N–C) groups is 1. The van der Waals surface area contributed by atoms with Crippen molar-refractivity contribution in [3.05, 3.63) is 0 Å². The van der Waals surface area contributed by atoms with Crippen molar-refractivity contribution >= 4 is 11.9 Å². The summed E-state index contributed by atoms with van der Waals surface area (Å²) in [4.78, 5) is 14.3. The molecule has 0 heterocycles. The zero-order valence-corrected chi connectivity index (χ0v) is 23.8. The van der Waals surface area contributed by atoms with E-state index in [0.717, 1.165) is 38.5 Å². The third-order valence-corrected chi connectivity index (χ3v) is 10.7. The molecule has 35 heavy (non-hydrogen) atoms. The second kappa shape index (κ2) is 11.7. The molecule has 0 aromatic carbocycles. The van der Waals surface area contributed by atoms with E-state index in [-0.39, 0.29) is 100.0 Å². The van der Waals surface area contributed by atoms with Crippen LogP contribution < -0.4 is 34.7 Å². The molecule has 8 nitrogen and oxygen atoms in total. The van der Waals surface area contributed by atoms with Gasteiger partial charge in [-0.15, -0.1) is 0 Å². The largest absolute Gasteiger partial charge is 1.00 e. The first-order chi connectivity index (χ1) is 15.5. The number of nitrogens with zero attached hydrogens (tertiary/aromatic N) is 1. The van der Waals surface area contributed by atoms with Crippen molar-refractivity contribution in [2.75, 3.05) is 6.54 Å². The van der Waals surface area contributed by atoms with E-state index < -0.39 is 18.6 Å². The number of rotatable bonds is 6. The summed E-state index contributed by atoms with van der Waals surface area (Å²) in [5.74, 6) is 0.0278. The van der Waals surface area contributed by atoms with Gasteiger partial charge < -0.3 is 31.0 Å². The van der Waals surface area contributed by atoms with Gasteiger partial charge in [-0.05, 0) is 110 Å². The molecule has 4 saturated carbocycles. The minimum absolute atomic E-state index is 0. The summed E-state index contributed by atoms with van der Waals surface area (Å²) in [6.07, 6.45) is 5.72. The number of carboxylic acids is 1. The number of hydrogen-bond donors (Lipinski definition) is 4. The third kappa shape index (κ3) is 5.50. The Morgan fingerprint density at radius 3 is 2.43 bits per heavy atom. The predicted molar refractivity (Wildman–Crippen MR) is 126 cm³/mol. The van der Waals surface area contributed by atoms with Crippen LogP contribution in [-0.2, 0) is 4.79 Å². The fourth-order valence-electron chi connectivity index (χ4n) is 8.92. The zero-order valence-electron chi connectivity index (χ0n) is 21.8. The van der Waals surface area contributed by atoms with Crippen molar-refractivity contribution in [1.82, 2.24) is 0 Å². The van der Waals surface area contributed by atoms with Crippen LogP contribution in [0.15, 0.2) is 4.99 Å². The molecule has 9 heteroatoms. The van der Waals surface area contributed by atoms with Gasteiger partial charge in [0.05, 0.1) is 18.3 Å². The first-order valence-electron chi connectivity index (χ1n) is 12.9. The van der Waals surface area contributed by atoms with Gasteiger partial charge in [0.15, 0.2) is 0 Å². The quantitative estimate of drug-likeness (QED) is 0.193. The third-order valence-electron chi connectivity index (χ3n) is 10.7. The number of aliphatic hydroxyl groups excluding tert-OH is 3. The van der Waals surface area contributed by atoms with Crippen LogP contribution in [0.25, 0.3) is 0 Å². The molecule has 6 N–H and O–H groups in total. The molecule has 0 aromatic heterocycles. The molecule has 11 atom stereocenters. The monoisotopic (exact) mass is 505 g/mol. The van der Waals surface area contributed by atoms with Crippen molar-refractivity contribution in [2.24, 2.45) is 51.3 Å². The summed E-state index contributed by atoms with van der Waals surface area (Å²) in [6.45, 7) is 6.20. The minimum Gasteiger partial charge on any atom is -0.862 e. The molecule has 0 bridgehead atoms. The second-order valence-electron chi connectivity index (χ2n) is 12.1. The van der Waals surface area contributed by atoms with E-state index in [4.69, 9.17) is 5.11 Å². The van der Waals surface area contributed by atoms with Crippen LogP contribution in [0.5, 0.6) is 0 Å². The topological polar surface area (TPSA) is 165 Å². The number of fused-ring (bicyclic) bond motifs is 5. The normalized spacial score (nSPS) is 45.7. The van der Waals surface area contributed by atoms with Gasteiger partial charge in [-0.2, -0.15) is 0 Å². The molecule has 0 amide bonds. The number of carboxylic acid groups (broad SMARTS) is 1. The summed E-state index contributed by atoms with van der Waals surface area (Å²) < 4.78 is 0. The number of aliphatic hydroxyl groups is 3. The maximum atomic E-state index is 12.0. The van der Waals surface area contributed by atoms with E-state index in [1.165, 1.54) is 0 Å². The van der Waals surface area contributed by atoms with Gasteiger partial charge in [0.1, 0.15) is 6.54 Å². The molecule has 0 aromatic rings. The first-order valence-corrected chi connectivity index (χ1v) is 12.9. The average molecular weight is 506 g/mol. The predicted octanol–water partition coefficient (Wildman–Crippen LogP) is -1.61. The maximum absolute atomic E-state index is 12.0. The average Bonchev–Trinajstić information content (AvgIpc) is 3.11. The minimum atomic E-state index is -1.10. The zero-order chi connectivity index (χ0) is 24.1. The van der Waals surface area contributed by atoms with Crippen molar-refractivity contribution in [3.8, 4) is 0 Å². The summed E-state index contributed by atoms with van der Waals surface area (Å²) in [6, 6.07) is 0. The van der Waals surface area contributed by atoms with Gasteiger partial charge >= 0.3 is 35.5 Å². The fourth-order valence-corrected chi connectivity index (χ4v) is 8.92. The van der Waals surface area contributed by atoms with Gasteiger partial charge in [-0.1, -0.05) is 20.8 Å². The van der Waals surface area contributed by atoms with E-state index in [1.807, 2.05) is 0 Å². The van der Waals surface area contributed by atoms with Crippen molar-refractivity contribution in [2.45, 2.75) is 96.9 Å². The Balaban J connectivity index is 0.00000216. The molecule has 196 valence electrons. The van der Waals surface area contributed by atoms with Crippen LogP contribution in [0.3, 0.4) is 0 Å². The Bertz CT molecular complexity index is 781. The van der Waals surface area contributed by atoms with E-state index in [9.17, 15) is 25.2 Å². The fraction of sp³-hybridized carbons (Fsp3) is 0.923. The molecule has 0 saturated heterocycles. The van der Waals surface area contributed by atoms with Gasteiger partial charge in [-0.3, -0.25) is 9.79 Å². The van der Waals surface area contributed by atoms with Gasteiger partial charge in [-0.25, -0.2) is 0 Å². The molecule has 0 unspecified atom stereocenters. The summed E-state index contributed by atoms with van der Waals surface area (Å²) in [5, 5.41) is 53.9. The molecule has 0 spiro atoms. The standard InChI is InChI=1S/C26H43NO6.Na.H2O/c1-14(4-7-22(31)27-13-23(32)33)17-5-6-18-24-19(12-21(30)26(17,18)3)25(2)9-8-16(28)10-15(25)11-20(24)29;;/h14-21,24,28-30H,4-13H2,1-3H3,(H,27,31)(H,32,33);;1H2/q;+1;/p-1/t14-,15+,16-,17-,18+,19+,20-,21+,24+,25+,26-;;/m1../s1. The Morgan fingerprint density at radius 2 is 1.77 bits per heavy atom. The van der Waals surface area contributed by atoms with Crippen LogP contribution >= 0.6 is 0 Å². The van der Waals surface area contributed by atoms with E-state index >= 15 is 0 Å². The van der Waals surface area contributed by atoms with Gasteiger partial charge in [0.2, 0.25) is 0 Å². The Hall–Kier alpha value is -0.220. The van der Waals surface area contributed by atoms with E-state index in [0.29, 0.717) is 18.8 Å². The Morgan fingerprint density at radius 1 is 1.09 bits per heavy atom. The summed E-state index contributed by atoms with van der Waals surface area (Å²) in [7, 11) is 0. The smallest absolute Gasteiger partial charge is 0.862 e. The first kappa shape index (κ1) is 31.0. The molecule has 4 aliphatic rings. The molecule has 4 fully saturated rings. The van der Waals surface area contributed by atoms with E-state index in [2.05, 4.69) is 25.8 Å². The molecule has 0 aliphatic heterocycles. The molecule has 4 aliphatic carbocycles. The number of aliphatic carboxylic acids is 1. The van der Waals surface area contributed by atoms with E-state index in [1.54, 1.807) is 0 Å². The molecule has 0 radical (unpaired) electrons. The number of hydrogen-bond acceptors (Lipinski definition) is 6.